The minimum absolute atomic E-state index is 0.0343. The number of ether oxygens (including phenoxy) is 1. The van der Waals surface area contributed by atoms with Gasteiger partial charge in [0.15, 0.2) is 0 Å². The molecule has 3 atom stereocenters. The molecule has 0 aromatic carbocycles. The number of nitrogens with zero attached hydrogens (tertiary/aromatic N) is 1. The van der Waals surface area contributed by atoms with E-state index in [1.807, 2.05) is 22.7 Å². The van der Waals surface area contributed by atoms with E-state index < -0.39 is 0 Å². The fraction of sp³-hybridized carbons (Fsp3) is 0.667. The van der Waals surface area contributed by atoms with Crippen LogP contribution in [0.4, 0.5) is 4.79 Å². The third-order valence-corrected chi connectivity index (χ3v) is 6.32. The van der Waals surface area contributed by atoms with Gasteiger partial charge in [-0.2, -0.15) is 11.8 Å². The summed E-state index contributed by atoms with van der Waals surface area (Å²) in [6.07, 6.45) is 5.61. The molecule has 6 heteroatoms. The third kappa shape index (κ3) is 3.73. The zero-order chi connectivity index (χ0) is 14.7. The molecule has 21 heavy (non-hydrogen) atoms. The third-order valence-electron chi connectivity index (χ3n) is 4.26. The molecule has 1 saturated carbocycles. The number of hydrogen-bond acceptors (Lipinski definition) is 4. The molecule has 1 N–H and O–H groups in total. The van der Waals surface area contributed by atoms with Gasteiger partial charge in [0.05, 0.1) is 13.2 Å². The van der Waals surface area contributed by atoms with Gasteiger partial charge in [-0.15, -0.1) is 11.3 Å². The predicted molar refractivity (Wildman–Crippen MR) is 88.1 cm³/mol. The van der Waals surface area contributed by atoms with Gasteiger partial charge in [0.25, 0.3) is 0 Å². The number of thioether (sulfide) groups is 1. The molecular weight excluding hydrogens is 304 g/mol. The van der Waals surface area contributed by atoms with E-state index in [1.54, 1.807) is 11.3 Å². The van der Waals surface area contributed by atoms with Gasteiger partial charge in [0.2, 0.25) is 0 Å². The highest BCUT2D eigenvalue weighted by Gasteiger charge is 2.30. The SMILES string of the molecule is CS[C@@H]1CC[C@H](NC(=O)N2CCO[C@H](c3cccs3)C2)C1. The summed E-state index contributed by atoms with van der Waals surface area (Å²) in [5, 5.41) is 5.96. The summed E-state index contributed by atoms with van der Waals surface area (Å²) in [5.41, 5.74) is 0. The Morgan fingerprint density at radius 1 is 1.52 bits per heavy atom. The standard InChI is InChI=1S/C15H22N2O2S2/c1-20-12-5-4-11(9-12)16-15(18)17-6-7-19-13(10-17)14-3-2-8-21-14/h2-3,8,11-13H,4-7,9-10H2,1H3,(H,16,18)/t11-,12+,13-/m0/s1. The Morgan fingerprint density at radius 3 is 3.14 bits per heavy atom. The van der Waals surface area contributed by atoms with E-state index in [0.717, 1.165) is 12.8 Å². The van der Waals surface area contributed by atoms with Crippen molar-refractivity contribution in [3.63, 3.8) is 0 Å². The van der Waals surface area contributed by atoms with Crippen molar-refractivity contribution < 1.29 is 9.53 Å². The van der Waals surface area contributed by atoms with Crippen molar-refractivity contribution in [3.05, 3.63) is 22.4 Å². The average molecular weight is 326 g/mol. The van der Waals surface area contributed by atoms with Crippen LogP contribution in [0.2, 0.25) is 0 Å². The van der Waals surface area contributed by atoms with Crippen LogP contribution in [-0.4, -0.2) is 48.2 Å². The van der Waals surface area contributed by atoms with Crippen molar-refractivity contribution in [2.75, 3.05) is 26.0 Å². The van der Waals surface area contributed by atoms with Crippen molar-refractivity contribution in [2.45, 2.75) is 36.7 Å². The number of nitrogens with one attached hydrogen (secondary N) is 1. The van der Waals surface area contributed by atoms with Gasteiger partial charge in [-0.05, 0) is 37.0 Å². The molecule has 0 bridgehead atoms. The van der Waals surface area contributed by atoms with Crippen LogP contribution in [0.1, 0.15) is 30.2 Å². The first-order valence-corrected chi connectivity index (χ1v) is 9.66. The number of amides is 2. The average Bonchev–Trinajstić information content (AvgIpc) is 3.18. The summed E-state index contributed by atoms with van der Waals surface area (Å²) in [6.45, 7) is 1.96. The van der Waals surface area contributed by atoms with E-state index >= 15 is 0 Å². The number of hydrogen-bond donors (Lipinski definition) is 1. The van der Waals surface area contributed by atoms with Crippen LogP contribution >= 0.6 is 23.1 Å². The van der Waals surface area contributed by atoms with Crippen LogP contribution in [0.25, 0.3) is 0 Å². The van der Waals surface area contributed by atoms with Gasteiger partial charge in [0, 0.05) is 22.7 Å². The van der Waals surface area contributed by atoms with Crippen molar-refractivity contribution >= 4 is 29.1 Å². The Kier molecular flexibility index (Phi) is 5.08. The van der Waals surface area contributed by atoms with Gasteiger partial charge in [0.1, 0.15) is 6.10 Å². The second-order valence-corrected chi connectivity index (χ2v) is 7.76. The van der Waals surface area contributed by atoms with E-state index in [1.165, 1.54) is 11.3 Å². The molecule has 3 rings (SSSR count). The van der Waals surface area contributed by atoms with E-state index in [0.29, 0.717) is 31.0 Å². The topological polar surface area (TPSA) is 41.6 Å². The number of rotatable bonds is 3. The van der Waals surface area contributed by atoms with Crippen molar-refractivity contribution in [3.8, 4) is 0 Å². The number of carbonyl (C=O) groups excluding carboxylic acids is 1. The van der Waals surface area contributed by atoms with Crippen LogP contribution in [0.15, 0.2) is 17.5 Å². The van der Waals surface area contributed by atoms with Gasteiger partial charge >= 0.3 is 6.03 Å². The van der Waals surface area contributed by atoms with E-state index in [9.17, 15) is 4.79 Å². The molecule has 116 valence electrons. The first kappa shape index (κ1) is 15.2. The second kappa shape index (κ2) is 7.03. The van der Waals surface area contributed by atoms with E-state index in [-0.39, 0.29) is 12.1 Å². The molecule has 1 aliphatic carbocycles. The Morgan fingerprint density at radius 2 is 2.43 bits per heavy atom. The fourth-order valence-electron chi connectivity index (χ4n) is 3.03. The van der Waals surface area contributed by atoms with Crippen molar-refractivity contribution in [2.24, 2.45) is 0 Å². The lowest BCUT2D eigenvalue weighted by atomic mass is 10.2. The maximum atomic E-state index is 12.4. The van der Waals surface area contributed by atoms with Crippen LogP contribution in [0.3, 0.4) is 0 Å². The molecule has 2 aliphatic rings. The molecule has 1 aliphatic heterocycles. The number of thiophene rings is 1. The number of carbonyl (C=O) groups is 1. The van der Waals surface area contributed by atoms with Crippen LogP contribution < -0.4 is 5.32 Å². The highest BCUT2D eigenvalue weighted by molar-refractivity contribution is 7.99. The van der Waals surface area contributed by atoms with Crippen LogP contribution in [-0.2, 0) is 4.74 Å². The molecule has 1 saturated heterocycles. The molecule has 0 radical (unpaired) electrons. The summed E-state index contributed by atoms with van der Waals surface area (Å²) in [7, 11) is 0. The maximum absolute atomic E-state index is 12.4. The van der Waals surface area contributed by atoms with E-state index in [4.69, 9.17) is 4.74 Å². The fourth-order valence-corrected chi connectivity index (χ4v) is 4.59. The number of morpholine rings is 1. The second-order valence-electron chi connectivity index (χ2n) is 5.64. The first-order chi connectivity index (χ1) is 10.3. The van der Waals surface area contributed by atoms with Gasteiger partial charge in [-0.1, -0.05) is 6.07 Å². The summed E-state index contributed by atoms with van der Waals surface area (Å²) >= 11 is 3.61. The lowest BCUT2D eigenvalue weighted by molar-refractivity contribution is -0.0138. The molecule has 0 unspecified atom stereocenters. The molecule has 1 aromatic heterocycles. The quantitative estimate of drug-likeness (QED) is 0.928. The Bertz CT molecular complexity index is 466. The zero-order valence-electron chi connectivity index (χ0n) is 12.3. The van der Waals surface area contributed by atoms with Gasteiger partial charge < -0.3 is 15.0 Å². The monoisotopic (exact) mass is 326 g/mol. The van der Waals surface area contributed by atoms with Crippen molar-refractivity contribution in [1.29, 1.82) is 0 Å². The van der Waals surface area contributed by atoms with E-state index in [2.05, 4.69) is 23.0 Å². The molecule has 4 nitrogen and oxygen atoms in total. The number of urea groups is 1. The summed E-state index contributed by atoms with van der Waals surface area (Å²) < 4.78 is 5.79. The lowest BCUT2D eigenvalue weighted by Crippen LogP contribution is -2.49. The summed E-state index contributed by atoms with van der Waals surface area (Å²) in [4.78, 5) is 15.5. The largest absolute Gasteiger partial charge is 0.369 e. The summed E-state index contributed by atoms with van der Waals surface area (Å²) in [5.74, 6) is 0. The lowest BCUT2D eigenvalue weighted by Gasteiger charge is -2.33. The molecule has 0 spiro atoms. The highest BCUT2D eigenvalue weighted by Crippen LogP contribution is 2.29. The Balaban J connectivity index is 1.53. The maximum Gasteiger partial charge on any atom is 0.317 e. The van der Waals surface area contributed by atoms with Gasteiger partial charge in [-0.25, -0.2) is 4.79 Å². The highest BCUT2D eigenvalue weighted by atomic mass is 32.2. The van der Waals surface area contributed by atoms with Gasteiger partial charge in [-0.3, -0.25) is 0 Å². The molecular formula is C15H22N2O2S2. The van der Waals surface area contributed by atoms with Crippen molar-refractivity contribution in [1.82, 2.24) is 10.2 Å². The smallest absolute Gasteiger partial charge is 0.317 e. The Hall–Kier alpha value is -0.720. The van der Waals surface area contributed by atoms with Crippen LogP contribution in [0.5, 0.6) is 0 Å². The predicted octanol–water partition coefficient (Wildman–Crippen LogP) is 3.12. The zero-order valence-corrected chi connectivity index (χ0v) is 13.9. The molecule has 1 aromatic rings. The molecule has 2 fully saturated rings. The minimum Gasteiger partial charge on any atom is -0.369 e. The first-order valence-electron chi connectivity index (χ1n) is 7.49. The molecule has 2 heterocycles. The Labute approximate surface area is 134 Å². The summed E-state index contributed by atoms with van der Waals surface area (Å²) in [6, 6.07) is 4.53. The molecule has 2 amide bonds. The van der Waals surface area contributed by atoms with Crippen LogP contribution in [0, 0.1) is 0 Å². The normalized spacial score (nSPS) is 29.6. The minimum atomic E-state index is 0.0343.